The van der Waals surface area contributed by atoms with Gasteiger partial charge in [-0.2, -0.15) is 0 Å². The van der Waals surface area contributed by atoms with Gasteiger partial charge in [-0.3, -0.25) is 0 Å². The summed E-state index contributed by atoms with van der Waals surface area (Å²) >= 11 is 5.98. The van der Waals surface area contributed by atoms with E-state index in [1.54, 1.807) is 19.2 Å². The highest BCUT2D eigenvalue weighted by Gasteiger charge is 2.26. The molecule has 17 heavy (non-hydrogen) atoms. The molecule has 0 aliphatic heterocycles. The Hall–Kier alpha value is -0.965. The highest BCUT2D eigenvalue weighted by atomic mass is 35.5. The summed E-state index contributed by atoms with van der Waals surface area (Å²) in [4.78, 5) is 0. The predicted molar refractivity (Wildman–Crippen MR) is 69.0 cm³/mol. The Morgan fingerprint density at radius 1 is 1.29 bits per heavy atom. The van der Waals surface area contributed by atoms with Gasteiger partial charge in [-0.05, 0) is 48.5 Å². The molecule has 3 nitrogen and oxygen atoms in total. The summed E-state index contributed by atoms with van der Waals surface area (Å²) in [5.41, 5.74) is 2.48. The molecular weight excluding hydrogens is 238 g/mol. The number of halogens is 1. The van der Waals surface area contributed by atoms with Gasteiger partial charge in [0.25, 0.3) is 0 Å². The van der Waals surface area contributed by atoms with Gasteiger partial charge in [0, 0.05) is 10.6 Å². The molecule has 0 heterocycles. The molecule has 0 bridgehead atoms. The second kappa shape index (κ2) is 5.13. The molecule has 90 valence electrons. The maximum Gasteiger partial charge on any atom is 0.484 e. The molecule has 1 aliphatic carbocycles. The Morgan fingerprint density at radius 3 is 2.71 bits per heavy atom. The van der Waals surface area contributed by atoms with Gasteiger partial charge in [0.05, 0.1) is 7.11 Å². The van der Waals surface area contributed by atoms with Crippen molar-refractivity contribution in [3.05, 3.63) is 34.3 Å². The van der Waals surface area contributed by atoms with Crippen molar-refractivity contribution >= 4 is 24.3 Å². The number of benzene rings is 1. The van der Waals surface area contributed by atoms with Crippen LogP contribution in [-0.4, -0.2) is 24.3 Å². The van der Waals surface area contributed by atoms with Crippen LogP contribution in [0.15, 0.2) is 23.7 Å². The van der Waals surface area contributed by atoms with Crippen LogP contribution in [0.1, 0.15) is 24.8 Å². The second-order valence-corrected chi connectivity index (χ2v) is 4.51. The van der Waals surface area contributed by atoms with Gasteiger partial charge >= 0.3 is 7.12 Å². The highest BCUT2D eigenvalue weighted by molar-refractivity contribution is 6.52. The molecule has 0 aromatic heterocycles. The second-order valence-electron chi connectivity index (χ2n) is 4.08. The normalized spacial score (nSPS) is 15.3. The molecular formula is C12H14BClO3. The van der Waals surface area contributed by atoms with E-state index in [4.69, 9.17) is 16.3 Å². The maximum atomic E-state index is 9.34. The first-order valence-corrected chi connectivity index (χ1v) is 5.93. The minimum Gasteiger partial charge on any atom is -0.496 e. The first-order valence-electron chi connectivity index (χ1n) is 5.55. The third-order valence-corrected chi connectivity index (χ3v) is 3.29. The minimum atomic E-state index is -1.39. The fourth-order valence-electron chi connectivity index (χ4n) is 2.28. The Labute approximate surface area is 106 Å². The number of methoxy groups -OCH3 is 1. The minimum absolute atomic E-state index is 0.618. The van der Waals surface area contributed by atoms with E-state index < -0.39 is 7.12 Å². The van der Waals surface area contributed by atoms with Gasteiger partial charge in [-0.25, -0.2) is 0 Å². The lowest BCUT2D eigenvalue weighted by molar-refractivity contribution is 0.413. The summed E-state index contributed by atoms with van der Waals surface area (Å²) in [6.07, 6.45) is 2.46. The third-order valence-electron chi connectivity index (χ3n) is 3.06. The average molecular weight is 253 g/mol. The van der Waals surface area contributed by atoms with Gasteiger partial charge in [0.1, 0.15) is 5.75 Å². The average Bonchev–Trinajstić information content (AvgIpc) is 2.77. The molecule has 0 spiro atoms. The molecule has 1 aliphatic rings. The standard InChI is InChI=1S/C12H14BClO3/c1-17-12-6-5-8(14)7-10(12)9-3-2-4-11(9)13(15)16/h5-7,15-16H,2-4H2,1H3. The van der Waals surface area contributed by atoms with Crippen molar-refractivity contribution in [2.24, 2.45) is 0 Å². The summed E-state index contributed by atoms with van der Waals surface area (Å²) in [6.45, 7) is 0. The van der Waals surface area contributed by atoms with Crippen molar-refractivity contribution in [2.45, 2.75) is 19.3 Å². The number of rotatable bonds is 3. The van der Waals surface area contributed by atoms with E-state index >= 15 is 0 Å². The molecule has 0 saturated carbocycles. The van der Waals surface area contributed by atoms with E-state index in [0.29, 0.717) is 22.7 Å². The van der Waals surface area contributed by atoms with E-state index in [0.717, 1.165) is 24.0 Å². The van der Waals surface area contributed by atoms with Gasteiger partial charge in [0.15, 0.2) is 0 Å². The van der Waals surface area contributed by atoms with Crippen molar-refractivity contribution in [3.63, 3.8) is 0 Å². The number of hydrogen-bond acceptors (Lipinski definition) is 3. The van der Waals surface area contributed by atoms with E-state index in [2.05, 4.69) is 0 Å². The van der Waals surface area contributed by atoms with Crippen molar-refractivity contribution < 1.29 is 14.8 Å². The van der Waals surface area contributed by atoms with Crippen LogP contribution in [0.3, 0.4) is 0 Å². The van der Waals surface area contributed by atoms with Gasteiger partial charge in [-0.1, -0.05) is 11.6 Å². The van der Waals surface area contributed by atoms with E-state index in [9.17, 15) is 10.0 Å². The monoisotopic (exact) mass is 252 g/mol. The SMILES string of the molecule is COc1ccc(Cl)cc1C1=C(B(O)O)CCC1. The Bertz CT molecular complexity index is 457. The van der Waals surface area contributed by atoms with Crippen molar-refractivity contribution in [1.29, 1.82) is 0 Å². The summed E-state index contributed by atoms with van der Waals surface area (Å²) in [5, 5.41) is 19.3. The van der Waals surface area contributed by atoms with Crippen LogP contribution < -0.4 is 4.74 Å². The fourth-order valence-corrected chi connectivity index (χ4v) is 2.45. The van der Waals surface area contributed by atoms with Crippen LogP contribution in [0, 0.1) is 0 Å². The number of ether oxygens (including phenoxy) is 1. The summed E-state index contributed by atoms with van der Waals surface area (Å²) < 4.78 is 5.28. The number of allylic oxidation sites excluding steroid dienone is 2. The molecule has 2 rings (SSSR count). The molecule has 5 heteroatoms. The Kier molecular flexibility index (Phi) is 3.77. The molecule has 0 saturated heterocycles. The molecule has 0 atom stereocenters. The third kappa shape index (κ3) is 2.49. The molecule has 1 aromatic rings. The van der Waals surface area contributed by atoms with Gasteiger partial charge in [-0.15, -0.1) is 0 Å². The van der Waals surface area contributed by atoms with Crippen molar-refractivity contribution in [3.8, 4) is 5.75 Å². The summed E-state index contributed by atoms with van der Waals surface area (Å²) in [6, 6.07) is 5.36. The highest BCUT2D eigenvalue weighted by Crippen LogP contribution is 2.39. The van der Waals surface area contributed by atoms with Crippen LogP contribution in [0.4, 0.5) is 0 Å². The summed E-state index contributed by atoms with van der Waals surface area (Å²) in [7, 11) is 0.202. The zero-order valence-corrected chi connectivity index (χ0v) is 10.4. The van der Waals surface area contributed by atoms with Crippen molar-refractivity contribution in [1.82, 2.24) is 0 Å². The molecule has 2 N–H and O–H groups in total. The zero-order valence-electron chi connectivity index (χ0n) is 9.61. The molecule has 0 fully saturated rings. The Balaban J connectivity index is 2.52. The van der Waals surface area contributed by atoms with E-state index in [-0.39, 0.29) is 0 Å². The predicted octanol–water partition coefficient (Wildman–Crippen LogP) is 2.30. The number of hydrogen-bond donors (Lipinski definition) is 2. The van der Waals surface area contributed by atoms with Crippen LogP contribution >= 0.6 is 11.6 Å². The first kappa shape index (κ1) is 12.5. The molecule has 1 aromatic carbocycles. The van der Waals surface area contributed by atoms with Crippen molar-refractivity contribution in [2.75, 3.05) is 7.11 Å². The van der Waals surface area contributed by atoms with Crippen LogP contribution in [0.2, 0.25) is 5.02 Å². The topological polar surface area (TPSA) is 49.7 Å². The lowest BCUT2D eigenvalue weighted by atomic mass is 9.75. The largest absolute Gasteiger partial charge is 0.496 e. The maximum absolute atomic E-state index is 9.34. The Morgan fingerprint density at radius 2 is 2.06 bits per heavy atom. The van der Waals surface area contributed by atoms with Crippen LogP contribution in [0.25, 0.3) is 5.57 Å². The van der Waals surface area contributed by atoms with E-state index in [1.807, 2.05) is 6.07 Å². The van der Waals surface area contributed by atoms with Gasteiger partial charge in [0.2, 0.25) is 0 Å². The lowest BCUT2D eigenvalue weighted by Gasteiger charge is -2.12. The first-order chi connectivity index (χ1) is 8.13. The van der Waals surface area contributed by atoms with Crippen LogP contribution in [-0.2, 0) is 0 Å². The van der Waals surface area contributed by atoms with E-state index in [1.165, 1.54) is 0 Å². The lowest BCUT2D eigenvalue weighted by Crippen LogP contribution is -2.15. The molecule has 0 amide bonds. The molecule has 0 unspecified atom stereocenters. The zero-order chi connectivity index (χ0) is 12.4. The molecule has 0 radical (unpaired) electrons. The fraction of sp³-hybridized carbons (Fsp3) is 0.333. The summed E-state index contributed by atoms with van der Waals surface area (Å²) in [5.74, 6) is 0.712. The smallest absolute Gasteiger partial charge is 0.484 e. The quantitative estimate of drug-likeness (QED) is 0.812. The van der Waals surface area contributed by atoms with Gasteiger partial charge < -0.3 is 14.8 Å². The van der Waals surface area contributed by atoms with Crippen LogP contribution in [0.5, 0.6) is 5.75 Å².